The summed E-state index contributed by atoms with van der Waals surface area (Å²) < 4.78 is 0. The predicted octanol–water partition coefficient (Wildman–Crippen LogP) is 2.26. The second-order valence-electron chi connectivity index (χ2n) is 5.15. The van der Waals surface area contributed by atoms with E-state index in [1.165, 1.54) is 12.8 Å². The Labute approximate surface area is 114 Å². The molecule has 0 atom stereocenters. The highest BCUT2D eigenvalue weighted by atomic mass is 16.2. The fourth-order valence-corrected chi connectivity index (χ4v) is 2.36. The number of carbonyl (C=O) groups is 1. The zero-order chi connectivity index (χ0) is 13.8. The number of hydrogen-bond acceptors (Lipinski definition) is 3. The molecule has 1 aliphatic heterocycles. The van der Waals surface area contributed by atoms with E-state index in [0.29, 0.717) is 5.69 Å². The van der Waals surface area contributed by atoms with Gasteiger partial charge >= 0.3 is 6.03 Å². The van der Waals surface area contributed by atoms with Gasteiger partial charge < -0.3 is 21.3 Å². The summed E-state index contributed by atoms with van der Waals surface area (Å²) in [6.45, 7) is 4.32. The zero-order valence-electron chi connectivity index (χ0n) is 11.6. The van der Waals surface area contributed by atoms with Crippen LogP contribution in [0.2, 0.25) is 0 Å². The summed E-state index contributed by atoms with van der Waals surface area (Å²) >= 11 is 0. The zero-order valence-corrected chi connectivity index (χ0v) is 11.6. The van der Waals surface area contributed by atoms with E-state index in [0.717, 1.165) is 30.4 Å². The van der Waals surface area contributed by atoms with Gasteiger partial charge in [0.1, 0.15) is 0 Å². The smallest absolute Gasteiger partial charge is 0.319 e. The summed E-state index contributed by atoms with van der Waals surface area (Å²) in [5, 5.41) is 5.40. The molecule has 2 amide bonds. The lowest BCUT2D eigenvalue weighted by molar-refractivity contribution is 0.254. The minimum Gasteiger partial charge on any atom is -0.399 e. The number of nitrogens with one attached hydrogen (secondary N) is 2. The van der Waals surface area contributed by atoms with E-state index in [1.807, 2.05) is 18.2 Å². The largest absolute Gasteiger partial charge is 0.399 e. The van der Waals surface area contributed by atoms with E-state index in [1.54, 1.807) is 7.05 Å². The molecule has 0 bridgehead atoms. The predicted molar refractivity (Wildman–Crippen MR) is 79.5 cm³/mol. The van der Waals surface area contributed by atoms with Gasteiger partial charge in [0.15, 0.2) is 0 Å². The minimum atomic E-state index is -0.225. The number of benzene rings is 1. The van der Waals surface area contributed by atoms with Gasteiger partial charge in [-0.3, -0.25) is 0 Å². The lowest BCUT2D eigenvalue weighted by atomic mass is 9.98. The topological polar surface area (TPSA) is 70.4 Å². The summed E-state index contributed by atoms with van der Waals surface area (Å²) in [4.78, 5) is 13.8. The third-order valence-electron chi connectivity index (χ3n) is 3.62. The van der Waals surface area contributed by atoms with Crippen molar-refractivity contribution in [2.24, 2.45) is 5.92 Å². The minimum absolute atomic E-state index is 0.225. The normalized spacial score (nSPS) is 16.2. The lowest BCUT2D eigenvalue weighted by Crippen LogP contribution is -2.34. The molecule has 0 aromatic heterocycles. The molecule has 0 saturated carbocycles. The quantitative estimate of drug-likeness (QED) is 0.716. The van der Waals surface area contributed by atoms with Crippen LogP contribution in [-0.2, 0) is 0 Å². The van der Waals surface area contributed by atoms with Crippen molar-refractivity contribution in [2.45, 2.75) is 19.8 Å². The number of nitrogen functional groups attached to an aromatic ring is 1. The van der Waals surface area contributed by atoms with E-state index in [9.17, 15) is 4.79 Å². The molecule has 0 aliphatic carbocycles. The molecule has 1 aromatic carbocycles. The molecule has 4 N–H and O–H groups in total. The molecule has 1 aliphatic rings. The van der Waals surface area contributed by atoms with Crippen LogP contribution in [0.25, 0.3) is 0 Å². The van der Waals surface area contributed by atoms with E-state index >= 15 is 0 Å². The van der Waals surface area contributed by atoms with Crippen LogP contribution in [0, 0.1) is 5.92 Å². The Balaban J connectivity index is 2.21. The average Bonchev–Trinajstić information content (AvgIpc) is 2.40. The molecule has 0 unspecified atom stereocenters. The number of nitrogens with two attached hydrogens (primary N) is 1. The summed E-state index contributed by atoms with van der Waals surface area (Å²) in [7, 11) is 1.60. The van der Waals surface area contributed by atoms with Crippen molar-refractivity contribution in [3.05, 3.63) is 18.2 Å². The van der Waals surface area contributed by atoms with Crippen molar-refractivity contribution >= 4 is 23.1 Å². The molecule has 0 spiro atoms. The molecule has 19 heavy (non-hydrogen) atoms. The van der Waals surface area contributed by atoms with E-state index in [-0.39, 0.29) is 6.03 Å². The molecule has 1 aromatic rings. The van der Waals surface area contributed by atoms with Crippen molar-refractivity contribution < 1.29 is 4.79 Å². The fraction of sp³-hybridized carbons (Fsp3) is 0.500. The Morgan fingerprint density at radius 2 is 2.05 bits per heavy atom. The Kier molecular flexibility index (Phi) is 4.14. The number of hydrogen-bond donors (Lipinski definition) is 3. The molecule has 1 fully saturated rings. The van der Waals surface area contributed by atoms with Gasteiger partial charge in [0, 0.05) is 25.8 Å². The van der Waals surface area contributed by atoms with Gasteiger partial charge in [-0.1, -0.05) is 6.92 Å². The maximum Gasteiger partial charge on any atom is 0.319 e. The Morgan fingerprint density at radius 1 is 1.37 bits per heavy atom. The first kappa shape index (κ1) is 13.5. The van der Waals surface area contributed by atoms with Crippen LogP contribution in [0.5, 0.6) is 0 Å². The number of urea groups is 1. The average molecular weight is 262 g/mol. The number of rotatable bonds is 2. The first-order chi connectivity index (χ1) is 9.10. The van der Waals surface area contributed by atoms with Crippen LogP contribution in [0.4, 0.5) is 21.9 Å². The van der Waals surface area contributed by atoms with Crippen LogP contribution in [0.15, 0.2) is 18.2 Å². The lowest BCUT2D eigenvalue weighted by Gasteiger charge is -2.33. The van der Waals surface area contributed by atoms with Crippen molar-refractivity contribution in [3.63, 3.8) is 0 Å². The van der Waals surface area contributed by atoms with Crippen molar-refractivity contribution in [2.75, 3.05) is 36.1 Å². The molecule has 0 radical (unpaired) electrons. The van der Waals surface area contributed by atoms with E-state index < -0.39 is 0 Å². The van der Waals surface area contributed by atoms with Gasteiger partial charge in [0.05, 0.1) is 11.4 Å². The summed E-state index contributed by atoms with van der Waals surface area (Å²) in [6, 6.07) is 5.44. The second kappa shape index (κ2) is 5.82. The third-order valence-corrected chi connectivity index (χ3v) is 3.62. The van der Waals surface area contributed by atoms with Gasteiger partial charge in [-0.2, -0.15) is 0 Å². The fourth-order valence-electron chi connectivity index (χ4n) is 2.36. The monoisotopic (exact) mass is 262 g/mol. The molecule has 1 heterocycles. The van der Waals surface area contributed by atoms with Crippen LogP contribution in [0.3, 0.4) is 0 Å². The van der Waals surface area contributed by atoms with Gasteiger partial charge in [0.2, 0.25) is 0 Å². The Hall–Kier alpha value is -1.91. The summed E-state index contributed by atoms with van der Waals surface area (Å²) in [5.74, 6) is 0.778. The first-order valence-electron chi connectivity index (χ1n) is 6.73. The first-order valence-corrected chi connectivity index (χ1v) is 6.73. The highest BCUT2D eigenvalue weighted by Gasteiger charge is 2.19. The van der Waals surface area contributed by atoms with E-state index in [4.69, 9.17) is 5.73 Å². The molecule has 5 nitrogen and oxygen atoms in total. The van der Waals surface area contributed by atoms with Crippen LogP contribution in [-0.4, -0.2) is 26.2 Å². The molecular formula is C14H22N4O. The SMILES string of the molecule is CNC(=O)Nc1cc(N)ccc1N1CCC(C)CC1. The van der Waals surface area contributed by atoms with Gasteiger partial charge in [-0.05, 0) is 37.0 Å². The summed E-state index contributed by atoms with van der Waals surface area (Å²) in [5.41, 5.74) is 8.28. The van der Waals surface area contributed by atoms with E-state index in [2.05, 4.69) is 22.5 Å². The van der Waals surface area contributed by atoms with Gasteiger partial charge in [0.25, 0.3) is 0 Å². The second-order valence-corrected chi connectivity index (χ2v) is 5.15. The molecule has 1 saturated heterocycles. The molecule has 5 heteroatoms. The summed E-state index contributed by atoms with van der Waals surface area (Å²) in [6.07, 6.45) is 2.37. The Morgan fingerprint density at radius 3 is 2.68 bits per heavy atom. The standard InChI is InChI=1S/C14H22N4O/c1-10-5-7-18(8-6-10)13-4-3-11(15)9-12(13)17-14(19)16-2/h3-4,9-10H,5-8,15H2,1-2H3,(H2,16,17,19). The maximum absolute atomic E-state index is 11.5. The highest BCUT2D eigenvalue weighted by molar-refractivity contribution is 5.94. The molecular weight excluding hydrogens is 240 g/mol. The maximum atomic E-state index is 11.5. The number of nitrogens with zero attached hydrogens (tertiary/aromatic N) is 1. The number of anilines is 3. The Bertz CT molecular complexity index is 453. The van der Waals surface area contributed by atoms with Crippen molar-refractivity contribution in [1.82, 2.24) is 5.32 Å². The third kappa shape index (κ3) is 3.30. The number of amides is 2. The van der Waals surface area contributed by atoms with Crippen molar-refractivity contribution in [3.8, 4) is 0 Å². The van der Waals surface area contributed by atoms with Crippen LogP contribution < -0.4 is 21.3 Å². The van der Waals surface area contributed by atoms with Crippen LogP contribution >= 0.6 is 0 Å². The van der Waals surface area contributed by atoms with Gasteiger partial charge in [-0.15, -0.1) is 0 Å². The number of piperidine rings is 1. The highest BCUT2D eigenvalue weighted by Crippen LogP contribution is 2.31. The van der Waals surface area contributed by atoms with Gasteiger partial charge in [-0.25, -0.2) is 4.79 Å². The van der Waals surface area contributed by atoms with Crippen molar-refractivity contribution in [1.29, 1.82) is 0 Å². The molecule has 104 valence electrons. The number of carbonyl (C=O) groups excluding carboxylic acids is 1. The van der Waals surface area contributed by atoms with Crippen LogP contribution in [0.1, 0.15) is 19.8 Å². The molecule has 2 rings (SSSR count).